The summed E-state index contributed by atoms with van der Waals surface area (Å²) in [5, 5.41) is 20.5. The van der Waals surface area contributed by atoms with Crippen LogP contribution < -0.4 is 27.2 Å². The molecule has 16 heteroatoms. The second-order valence-electron chi connectivity index (χ2n) is 16.9. The molecule has 3 amide bonds. The number of carbonyl (C=O) groups is 4. The Hall–Kier alpha value is -6.49. The maximum absolute atomic E-state index is 15.3. The topological polar surface area (TPSA) is 213 Å². The van der Waals surface area contributed by atoms with Gasteiger partial charge >= 0.3 is 12.1 Å². The van der Waals surface area contributed by atoms with Crippen molar-refractivity contribution in [1.82, 2.24) is 25.5 Å². The molecule has 9 rings (SSSR count). The fourth-order valence-electron chi connectivity index (χ4n) is 9.79. The summed E-state index contributed by atoms with van der Waals surface area (Å²) in [5.74, 6) is -2.20. The maximum atomic E-state index is 15.3. The van der Waals surface area contributed by atoms with Crippen molar-refractivity contribution in [2.45, 2.75) is 89.1 Å². The molecule has 0 unspecified atom stereocenters. The number of aliphatic hydroxyl groups is 1. The minimum atomic E-state index is -2.01. The summed E-state index contributed by atoms with van der Waals surface area (Å²) in [5.41, 5.74) is 12.4. The Morgan fingerprint density at radius 2 is 1.77 bits per heavy atom. The van der Waals surface area contributed by atoms with Crippen LogP contribution in [0.25, 0.3) is 33.4 Å². The second kappa shape index (κ2) is 17.2. The normalized spacial score (nSPS) is 18.3. The van der Waals surface area contributed by atoms with Crippen molar-refractivity contribution < 1.29 is 42.9 Å². The molecule has 0 spiro atoms. The Balaban J connectivity index is 0.763. The number of hydrogen-bond donors (Lipinski definition) is 5. The van der Waals surface area contributed by atoms with Crippen molar-refractivity contribution in [1.29, 1.82) is 0 Å². The predicted octanol–water partition coefficient (Wildman–Crippen LogP) is 4.76. The van der Waals surface area contributed by atoms with E-state index < -0.39 is 52.9 Å². The fraction of sp³-hybridized carbons (Fsp3) is 0.375. The van der Waals surface area contributed by atoms with Gasteiger partial charge in [0.1, 0.15) is 32.4 Å². The van der Waals surface area contributed by atoms with Crippen LogP contribution >= 0.6 is 0 Å². The molecule has 0 saturated carbocycles. The molecule has 2 aromatic heterocycles. The lowest BCUT2D eigenvalue weighted by Gasteiger charge is -2.31. The number of rotatable bonds is 14. The van der Waals surface area contributed by atoms with Crippen molar-refractivity contribution in [3.05, 3.63) is 121 Å². The number of nitrogens with two attached hydrogens (primary N) is 1. The van der Waals surface area contributed by atoms with Crippen LogP contribution in [0.2, 0.25) is 0 Å². The number of nitrogens with zero attached hydrogens (tertiary/aromatic N) is 2. The molecule has 3 aromatic carbocycles. The van der Waals surface area contributed by atoms with E-state index in [0.29, 0.717) is 77.6 Å². The third-order valence-corrected chi connectivity index (χ3v) is 13.2. The molecular formula is C48H49FN6O9. The third-order valence-electron chi connectivity index (χ3n) is 13.2. The lowest BCUT2D eigenvalue weighted by Crippen LogP contribution is -2.44. The quantitative estimate of drug-likeness (QED) is 0.0572. The highest BCUT2D eigenvalue weighted by atomic mass is 19.1. The fourth-order valence-corrected chi connectivity index (χ4v) is 9.79. The lowest BCUT2D eigenvalue weighted by atomic mass is 9.81. The number of benzene rings is 3. The van der Waals surface area contributed by atoms with E-state index in [2.05, 4.69) is 40.2 Å². The Morgan fingerprint density at radius 1 is 1.03 bits per heavy atom. The number of pyridine rings is 2. The summed E-state index contributed by atoms with van der Waals surface area (Å²) in [6.45, 7) is 3.09. The Kier molecular flexibility index (Phi) is 11.5. The van der Waals surface area contributed by atoms with Crippen LogP contribution in [0, 0.1) is 12.7 Å². The van der Waals surface area contributed by atoms with Crippen LogP contribution in [0.15, 0.2) is 65.5 Å². The van der Waals surface area contributed by atoms with Gasteiger partial charge in [-0.1, -0.05) is 55.5 Å². The number of ether oxygens (including phenoxy) is 3. The van der Waals surface area contributed by atoms with Gasteiger partial charge in [-0.05, 0) is 90.5 Å². The highest BCUT2D eigenvalue weighted by Crippen LogP contribution is 2.47. The van der Waals surface area contributed by atoms with Gasteiger partial charge in [0, 0.05) is 35.0 Å². The van der Waals surface area contributed by atoms with Gasteiger partial charge in [0.2, 0.25) is 11.8 Å². The third kappa shape index (κ3) is 7.48. The van der Waals surface area contributed by atoms with E-state index in [-0.39, 0.29) is 56.6 Å². The number of fused-ring (bicyclic) bond motifs is 8. The van der Waals surface area contributed by atoms with Crippen molar-refractivity contribution >= 4 is 34.8 Å². The molecule has 5 aromatic rings. The first-order chi connectivity index (χ1) is 30.9. The summed E-state index contributed by atoms with van der Waals surface area (Å²) in [6, 6.07) is 17.8. The van der Waals surface area contributed by atoms with Gasteiger partial charge in [-0.25, -0.2) is 19.0 Å². The molecule has 2 aliphatic heterocycles. The average Bonchev–Trinajstić information content (AvgIpc) is 3.83. The molecule has 3 atom stereocenters. The van der Waals surface area contributed by atoms with Crippen molar-refractivity contribution in [2.24, 2.45) is 5.73 Å². The molecule has 0 saturated heterocycles. The first kappa shape index (κ1) is 42.8. The molecule has 15 nitrogen and oxygen atoms in total. The van der Waals surface area contributed by atoms with E-state index >= 15 is 4.39 Å². The minimum absolute atomic E-state index is 0.0154. The standard InChI is InChI=1S/C48H49FN6O9/c1-3-48(61)34-18-39-43-31(20-55(39)45(58)33(34)22-63-46(48)59)42-37(16-15-26-25(2)35(49)19-38(54-43)41(26)42)53-40(56)23-62-24-52-44(57)36(50)14-8-9-17-51-47(60)64-21-32-29-12-6-4-10-27(29)28-11-5-7-13-30(28)32/h4-7,10-13,18-19,32,36-37,61H,3,8-9,14-17,20-24,50H2,1-2H3,(H,51,60)(H,52,57)(H,53,56)/t36-,37-,48-/m0/s1. The zero-order chi connectivity index (χ0) is 44.9. The number of hydrogen-bond acceptors (Lipinski definition) is 11. The van der Waals surface area contributed by atoms with Gasteiger partial charge in [0.05, 0.1) is 41.1 Å². The molecule has 4 heterocycles. The van der Waals surface area contributed by atoms with Crippen LogP contribution in [0.1, 0.15) is 95.5 Å². The summed E-state index contributed by atoms with van der Waals surface area (Å²) >= 11 is 0. The van der Waals surface area contributed by atoms with Crippen molar-refractivity contribution in [3.63, 3.8) is 0 Å². The Labute approximate surface area is 367 Å². The molecule has 0 fully saturated rings. The van der Waals surface area contributed by atoms with E-state index in [0.717, 1.165) is 27.8 Å². The SMILES string of the molecule is CC[C@@]1(O)C(=O)OCc2c1cc1n(c2=O)Cc2c-1nc1cc(F)c(C)c3c1c2[C@@H](NC(=O)COCNC(=O)[C@@H](N)CCCCNC(=O)OCC1c2ccccc2-c2ccccc21)CC3. The van der Waals surface area contributed by atoms with E-state index in [1.54, 1.807) is 19.9 Å². The summed E-state index contributed by atoms with van der Waals surface area (Å²) in [6.07, 6.45) is 1.88. The average molecular weight is 873 g/mol. The van der Waals surface area contributed by atoms with Gasteiger partial charge in [-0.2, -0.15) is 0 Å². The first-order valence-electron chi connectivity index (χ1n) is 21.7. The number of nitrogens with one attached hydrogen (secondary N) is 3. The number of cyclic esters (lactones) is 1. The highest BCUT2D eigenvalue weighted by molar-refractivity contribution is 5.94. The monoisotopic (exact) mass is 872 g/mol. The van der Waals surface area contributed by atoms with E-state index in [1.165, 1.54) is 10.6 Å². The highest BCUT2D eigenvalue weighted by Gasteiger charge is 2.46. The predicted molar refractivity (Wildman–Crippen MR) is 232 cm³/mol. The van der Waals surface area contributed by atoms with E-state index in [9.17, 15) is 29.1 Å². The molecule has 0 radical (unpaired) electrons. The molecule has 6 N–H and O–H groups in total. The molecule has 4 aliphatic rings. The molecular weight excluding hydrogens is 824 g/mol. The number of unbranched alkanes of at least 4 members (excludes halogenated alkanes) is 1. The zero-order valence-corrected chi connectivity index (χ0v) is 35.6. The largest absolute Gasteiger partial charge is 0.458 e. The number of aromatic nitrogens is 2. The smallest absolute Gasteiger partial charge is 0.407 e. The van der Waals surface area contributed by atoms with Gasteiger partial charge in [0.25, 0.3) is 5.56 Å². The molecule has 64 heavy (non-hydrogen) atoms. The van der Waals surface area contributed by atoms with Gasteiger partial charge in [-0.15, -0.1) is 0 Å². The zero-order valence-electron chi connectivity index (χ0n) is 35.6. The van der Waals surface area contributed by atoms with Crippen LogP contribution in [0.4, 0.5) is 9.18 Å². The number of aryl methyl sites for hydroxylation is 1. The maximum Gasteiger partial charge on any atom is 0.407 e. The lowest BCUT2D eigenvalue weighted by molar-refractivity contribution is -0.172. The van der Waals surface area contributed by atoms with Gasteiger partial charge in [-0.3, -0.25) is 14.4 Å². The molecule has 0 bridgehead atoms. The van der Waals surface area contributed by atoms with Crippen molar-refractivity contribution in [3.8, 4) is 22.5 Å². The van der Waals surface area contributed by atoms with Crippen LogP contribution in [-0.4, -0.2) is 71.1 Å². The van der Waals surface area contributed by atoms with Crippen LogP contribution in [0.3, 0.4) is 0 Å². The van der Waals surface area contributed by atoms with Crippen LogP contribution in [0.5, 0.6) is 0 Å². The minimum Gasteiger partial charge on any atom is -0.458 e. The Bertz CT molecular complexity index is 2760. The van der Waals surface area contributed by atoms with Crippen LogP contribution in [-0.2, 0) is 53.8 Å². The molecule has 332 valence electrons. The number of amides is 3. The second-order valence-corrected chi connectivity index (χ2v) is 16.9. The number of halogens is 1. The van der Waals surface area contributed by atoms with Gasteiger partial charge < -0.3 is 45.6 Å². The first-order valence-corrected chi connectivity index (χ1v) is 21.7. The number of esters is 1. The Morgan fingerprint density at radius 3 is 2.50 bits per heavy atom. The summed E-state index contributed by atoms with van der Waals surface area (Å²) in [4.78, 5) is 70.0. The number of alkyl carbamates (subject to hydrolysis) is 1. The van der Waals surface area contributed by atoms with Crippen molar-refractivity contribution in [2.75, 3.05) is 26.5 Å². The summed E-state index contributed by atoms with van der Waals surface area (Å²) < 4.78 is 33.1. The number of carbonyl (C=O) groups excluding carboxylic acids is 4. The van der Waals surface area contributed by atoms with Gasteiger partial charge in [0.15, 0.2) is 5.60 Å². The summed E-state index contributed by atoms with van der Waals surface area (Å²) in [7, 11) is 0. The van der Waals surface area contributed by atoms with E-state index in [4.69, 9.17) is 24.9 Å². The van der Waals surface area contributed by atoms with E-state index in [1.807, 2.05) is 24.3 Å². The molecule has 2 aliphatic carbocycles.